The molecule has 1 amide bonds. The molecule has 0 unspecified atom stereocenters. The predicted octanol–water partition coefficient (Wildman–Crippen LogP) is 3.63. The van der Waals surface area contributed by atoms with Crippen LogP contribution in [0.2, 0.25) is 5.02 Å². The molecule has 0 aliphatic carbocycles. The van der Waals surface area contributed by atoms with Crippen molar-refractivity contribution in [2.24, 2.45) is 5.10 Å². The lowest BCUT2D eigenvalue weighted by Crippen LogP contribution is -2.14. The second-order valence-electron chi connectivity index (χ2n) is 5.06. The van der Waals surface area contributed by atoms with E-state index in [2.05, 4.69) is 31.0 Å². The van der Waals surface area contributed by atoms with Gasteiger partial charge >= 0.3 is 0 Å². The molecule has 3 aromatic rings. The van der Waals surface area contributed by atoms with Crippen LogP contribution >= 0.6 is 23.4 Å². The van der Waals surface area contributed by atoms with Crippen LogP contribution in [-0.2, 0) is 4.79 Å². The monoisotopic (exact) mass is 386 g/mol. The Hall–Kier alpha value is -2.84. The third kappa shape index (κ3) is 5.33. The third-order valence-electron chi connectivity index (χ3n) is 3.13. The maximum absolute atomic E-state index is 12.0. The zero-order valence-corrected chi connectivity index (χ0v) is 15.1. The number of halogens is 1. The molecule has 0 aliphatic rings. The van der Waals surface area contributed by atoms with Gasteiger partial charge in [0.15, 0.2) is 0 Å². The molecule has 3 N–H and O–H groups in total. The van der Waals surface area contributed by atoms with Gasteiger partial charge in [-0.15, -0.1) is 5.10 Å². The summed E-state index contributed by atoms with van der Waals surface area (Å²) in [6.07, 6.45) is 1.67. The highest BCUT2D eigenvalue weighted by Crippen LogP contribution is 2.21. The lowest BCUT2D eigenvalue weighted by Gasteiger charge is -2.05. The smallest absolute Gasteiger partial charge is 0.240 e. The van der Waals surface area contributed by atoms with E-state index in [1.54, 1.807) is 30.5 Å². The molecule has 26 heavy (non-hydrogen) atoms. The van der Waals surface area contributed by atoms with Crippen molar-refractivity contribution >= 4 is 47.1 Å². The third-order valence-corrected chi connectivity index (χ3v) is 4.31. The average molecular weight is 387 g/mol. The summed E-state index contributed by atoms with van der Waals surface area (Å²) >= 11 is 7.21. The quantitative estimate of drug-likeness (QED) is 0.327. The molecular formula is C17H15ClN6OS. The summed E-state index contributed by atoms with van der Waals surface area (Å²) in [6.45, 7) is 0. The van der Waals surface area contributed by atoms with Gasteiger partial charge in [-0.25, -0.2) is 10.5 Å². The predicted molar refractivity (Wildman–Crippen MR) is 105 cm³/mol. The normalized spacial score (nSPS) is 10.8. The van der Waals surface area contributed by atoms with Gasteiger partial charge in [0.25, 0.3) is 0 Å². The Labute approximate surface area is 159 Å². The van der Waals surface area contributed by atoms with Crippen LogP contribution in [0.1, 0.15) is 5.56 Å². The minimum absolute atomic E-state index is 0.162. The van der Waals surface area contributed by atoms with Crippen LogP contribution in [0, 0.1) is 0 Å². The second-order valence-corrected chi connectivity index (χ2v) is 6.41. The molecule has 2 aromatic carbocycles. The number of thioether (sulfide) groups is 1. The van der Waals surface area contributed by atoms with E-state index in [-0.39, 0.29) is 11.7 Å². The number of nitrogens with zero attached hydrogens (tertiary/aromatic N) is 3. The maximum Gasteiger partial charge on any atom is 0.240 e. The number of hydrazone groups is 1. The van der Waals surface area contributed by atoms with Crippen LogP contribution in [-0.4, -0.2) is 33.1 Å². The highest BCUT2D eigenvalue weighted by Gasteiger charge is 2.09. The number of hydrogen-bond acceptors (Lipinski definition) is 6. The number of carbonyl (C=O) groups excluding carboxylic acids is 1. The van der Waals surface area contributed by atoms with Gasteiger partial charge in [0.05, 0.1) is 22.7 Å². The van der Waals surface area contributed by atoms with Gasteiger partial charge in [0, 0.05) is 0 Å². The number of carbonyl (C=O) groups is 1. The Kier molecular flexibility index (Phi) is 6.24. The summed E-state index contributed by atoms with van der Waals surface area (Å²) < 4.78 is 0. The average Bonchev–Trinajstić information content (AvgIpc) is 3.11. The molecule has 0 fully saturated rings. The molecule has 0 radical (unpaired) electrons. The number of aromatic amines is 1. The fraction of sp³-hybridized carbons (Fsp3) is 0.0588. The van der Waals surface area contributed by atoms with Crippen molar-refractivity contribution in [2.75, 3.05) is 16.5 Å². The zero-order valence-electron chi connectivity index (χ0n) is 13.5. The Morgan fingerprint density at radius 2 is 1.96 bits per heavy atom. The van der Waals surface area contributed by atoms with Crippen LogP contribution in [0.4, 0.5) is 11.6 Å². The van der Waals surface area contributed by atoms with Gasteiger partial charge in [0.1, 0.15) is 0 Å². The number of hydrogen-bond donors (Lipinski definition) is 3. The molecule has 0 atom stereocenters. The van der Waals surface area contributed by atoms with E-state index >= 15 is 0 Å². The lowest BCUT2D eigenvalue weighted by atomic mass is 10.2. The van der Waals surface area contributed by atoms with E-state index in [0.29, 0.717) is 21.8 Å². The van der Waals surface area contributed by atoms with Gasteiger partial charge in [-0.05, 0) is 17.7 Å². The van der Waals surface area contributed by atoms with Gasteiger partial charge in [-0.1, -0.05) is 65.8 Å². The van der Waals surface area contributed by atoms with Crippen molar-refractivity contribution in [3.8, 4) is 0 Å². The van der Waals surface area contributed by atoms with Crippen molar-refractivity contribution < 1.29 is 4.79 Å². The molecular weight excluding hydrogens is 372 g/mol. The largest absolute Gasteiger partial charge is 0.324 e. The Morgan fingerprint density at radius 1 is 1.19 bits per heavy atom. The van der Waals surface area contributed by atoms with Crippen LogP contribution in [0.15, 0.2) is 64.9 Å². The first-order valence-electron chi connectivity index (χ1n) is 7.64. The van der Waals surface area contributed by atoms with Crippen LogP contribution in [0.3, 0.4) is 0 Å². The fourth-order valence-corrected chi connectivity index (χ4v) is 2.73. The molecule has 0 aliphatic heterocycles. The minimum atomic E-state index is -0.190. The van der Waals surface area contributed by atoms with Crippen LogP contribution in [0.25, 0.3) is 0 Å². The van der Waals surface area contributed by atoms with Gasteiger partial charge in [-0.2, -0.15) is 10.1 Å². The molecule has 0 bridgehead atoms. The Bertz CT molecular complexity index is 899. The van der Waals surface area contributed by atoms with Gasteiger partial charge < -0.3 is 5.32 Å². The topological polar surface area (TPSA) is 95.1 Å². The Balaban J connectivity index is 1.47. The number of nitrogens with one attached hydrogen (secondary N) is 3. The first-order valence-corrected chi connectivity index (χ1v) is 9.01. The number of rotatable bonds is 7. The number of benzene rings is 2. The summed E-state index contributed by atoms with van der Waals surface area (Å²) in [7, 11) is 0. The van der Waals surface area contributed by atoms with Crippen molar-refractivity contribution in [1.82, 2.24) is 15.2 Å². The molecule has 0 saturated heterocycles. The van der Waals surface area contributed by atoms with E-state index in [9.17, 15) is 4.79 Å². The number of anilines is 2. The van der Waals surface area contributed by atoms with Crippen molar-refractivity contribution in [3.05, 3.63) is 65.2 Å². The molecule has 0 saturated carbocycles. The summed E-state index contributed by atoms with van der Waals surface area (Å²) in [5.74, 6) is 0.367. The van der Waals surface area contributed by atoms with Crippen LogP contribution in [0.5, 0.6) is 0 Å². The standard InChI is InChI=1S/C17H15ClN6OS/c18-13-8-4-5-9-14(13)20-15(25)11-26-17-21-16(23-24-17)22-19-10-12-6-2-1-3-7-12/h1-10H,11H2,(H,20,25)(H2,21,22,23,24)/b19-10-. The SMILES string of the molecule is O=C(CSc1n[nH]c(N/N=C\c2ccccc2)n1)Nc1ccccc1Cl. The highest BCUT2D eigenvalue weighted by molar-refractivity contribution is 7.99. The van der Waals surface area contributed by atoms with Gasteiger partial charge in [0.2, 0.25) is 17.0 Å². The number of amides is 1. The summed E-state index contributed by atoms with van der Waals surface area (Å²) in [5, 5.41) is 14.5. The molecule has 9 heteroatoms. The van der Waals surface area contributed by atoms with Crippen molar-refractivity contribution in [2.45, 2.75) is 5.16 Å². The Morgan fingerprint density at radius 3 is 2.77 bits per heavy atom. The zero-order chi connectivity index (χ0) is 18.2. The summed E-state index contributed by atoms with van der Waals surface area (Å²) in [5.41, 5.74) is 4.30. The number of H-pyrrole nitrogens is 1. The summed E-state index contributed by atoms with van der Waals surface area (Å²) in [4.78, 5) is 16.2. The second kappa shape index (κ2) is 9.02. The lowest BCUT2D eigenvalue weighted by molar-refractivity contribution is -0.113. The van der Waals surface area contributed by atoms with E-state index in [4.69, 9.17) is 11.6 Å². The van der Waals surface area contributed by atoms with E-state index in [1.165, 1.54) is 11.8 Å². The summed E-state index contributed by atoms with van der Waals surface area (Å²) in [6, 6.07) is 16.7. The number of aromatic nitrogens is 3. The molecule has 7 nitrogen and oxygen atoms in total. The molecule has 3 rings (SSSR count). The van der Waals surface area contributed by atoms with E-state index in [0.717, 1.165) is 5.56 Å². The van der Waals surface area contributed by atoms with Gasteiger partial charge in [-0.3, -0.25) is 4.79 Å². The van der Waals surface area contributed by atoms with Crippen molar-refractivity contribution in [1.29, 1.82) is 0 Å². The maximum atomic E-state index is 12.0. The molecule has 1 heterocycles. The van der Waals surface area contributed by atoms with Crippen molar-refractivity contribution in [3.63, 3.8) is 0 Å². The molecule has 0 spiro atoms. The molecule has 132 valence electrons. The van der Waals surface area contributed by atoms with Crippen LogP contribution < -0.4 is 10.7 Å². The number of para-hydroxylation sites is 1. The van der Waals surface area contributed by atoms with E-state index < -0.39 is 0 Å². The fourth-order valence-electron chi connectivity index (χ4n) is 1.95. The van der Waals surface area contributed by atoms with E-state index in [1.807, 2.05) is 30.3 Å². The minimum Gasteiger partial charge on any atom is -0.324 e. The first-order chi connectivity index (χ1) is 12.7. The molecule has 1 aromatic heterocycles. The highest BCUT2D eigenvalue weighted by atomic mass is 35.5. The first kappa shape index (κ1) is 18.0.